The summed E-state index contributed by atoms with van der Waals surface area (Å²) >= 11 is 1.83. The molecule has 0 aliphatic carbocycles. The molecule has 0 amide bonds. The second-order valence-corrected chi connectivity index (χ2v) is 9.68. The molecule has 1 aromatic rings. The molecule has 1 aliphatic heterocycles. The summed E-state index contributed by atoms with van der Waals surface area (Å²) in [4.78, 5) is 0.401. The number of hydrogen-bond donors (Lipinski definition) is 1. The van der Waals surface area contributed by atoms with Crippen LogP contribution in [-0.2, 0) is 16.4 Å². The highest BCUT2D eigenvalue weighted by atomic mass is 32.2. The van der Waals surface area contributed by atoms with Crippen LogP contribution in [-0.4, -0.2) is 49.9 Å². The van der Waals surface area contributed by atoms with Gasteiger partial charge in [0.2, 0.25) is 10.0 Å². The van der Waals surface area contributed by atoms with Crippen LogP contribution in [0.3, 0.4) is 0 Å². The molecule has 0 atom stereocenters. The molecule has 0 bridgehead atoms. The average molecular weight is 329 g/mol. The van der Waals surface area contributed by atoms with Crippen molar-refractivity contribution in [2.45, 2.75) is 29.9 Å². The summed E-state index contributed by atoms with van der Waals surface area (Å²) in [5.41, 5.74) is 1.15. The third kappa shape index (κ3) is 4.22. The number of thioether (sulfide) groups is 1. The SMILES string of the molecule is CNCCc1ccc(S(=O)(=O)N2CCSC(C)(C)C2)cc1. The van der Waals surface area contributed by atoms with E-state index in [9.17, 15) is 8.42 Å². The van der Waals surface area contributed by atoms with Crippen LogP contribution in [0, 0.1) is 0 Å². The maximum absolute atomic E-state index is 12.7. The molecule has 0 aromatic heterocycles. The number of benzene rings is 1. The Labute approximate surface area is 132 Å². The first-order valence-corrected chi connectivity index (χ1v) is 9.65. The molecule has 118 valence electrons. The van der Waals surface area contributed by atoms with Crippen LogP contribution < -0.4 is 5.32 Å². The van der Waals surface area contributed by atoms with Crippen molar-refractivity contribution in [3.05, 3.63) is 29.8 Å². The van der Waals surface area contributed by atoms with Gasteiger partial charge in [-0.3, -0.25) is 0 Å². The Morgan fingerprint density at radius 3 is 2.52 bits per heavy atom. The number of sulfonamides is 1. The van der Waals surface area contributed by atoms with Gasteiger partial charge >= 0.3 is 0 Å². The van der Waals surface area contributed by atoms with E-state index in [4.69, 9.17) is 0 Å². The fraction of sp³-hybridized carbons (Fsp3) is 0.600. The van der Waals surface area contributed by atoms with E-state index >= 15 is 0 Å². The van der Waals surface area contributed by atoms with Gasteiger partial charge in [-0.1, -0.05) is 12.1 Å². The molecule has 0 radical (unpaired) electrons. The van der Waals surface area contributed by atoms with Crippen molar-refractivity contribution in [1.82, 2.24) is 9.62 Å². The van der Waals surface area contributed by atoms with Gasteiger partial charge in [-0.15, -0.1) is 0 Å². The fourth-order valence-corrected chi connectivity index (χ4v) is 5.34. The van der Waals surface area contributed by atoms with Crippen LogP contribution in [0.1, 0.15) is 19.4 Å². The van der Waals surface area contributed by atoms with Crippen molar-refractivity contribution in [2.75, 3.05) is 32.4 Å². The molecule has 1 aromatic carbocycles. The highest BCUT2D eigenvalue weighted by Crippen LogP contribution is 2.32. The molecule has 21 heavy (non-hydrogen) atoms. The minimum Gasteiger partial charge on any atom is -0.319 e. The molecule has 0 saturated carbocycles. The molecule has 6 heteroatoms. The second-order valence-electron chi connectivity index (χ2n) is 5.94. The largest absolute Gasteiger partial charge is 0.319 e. The van der Waals surface area contributed by atoms with E-state index < -0.39 is 10.0 Å². The van der Waals surface area contributed by atoms with Crippen molar-refractivity contribution in [2.24, 2.45) is 0 Å². The van der Waals surface area contributed by atoms with Gasteiger partial charge in [0.05, 0.1) is 4.90 Å². The number of likely N-dealkylation sites (N-methyl/N-ethyl adjacent to an activating group) is 1. The zero-order chi connectivity index (χ0) is 15.5. The van der Waals surface area contributed by atoms with Crippen LogP contribution >= 0.6 is 11.8 Å². The normalized spacial score (nSPS) is 19.6. The first-order valence-electron chi connectivity index (χ1n) is 7.23. The minimum absolute atomic E-state index is 0.0158. The molecule has 2 rings (SSSR count). The monoisotopic (exact) mass is 328 g/mol. The van der Waals surface area contributed by atoms with Gasteiger partial charge in [-0.25, -0.2) is 8.42 Å². The first kappa shape index (κ1) is 16.8. The minimum atomic E-state index is -3.37. The molecule has 1 fully saturated rings. The third-order valence-corrected chi connectivity index (χ3v) is 6.77. The Morgan fingerprint density at radius 1 is 1.29 bits per heavy atom. The molecule has 1 aliphatic rings. The number of nitrogens with one attached hydrogen (secondary N) is 1. The lowest BCUT2D eigenvalue weighted by Gasteiger charge is -2.36. The summed E-state index contributed by atoms with van der Waals surface area (Å²) < 4.78 is 27.0. The molecule has 1 saturated heterocycles. The molecular formula is C15H24N2O2S2. The standard InChI is InChI=1S/C15H24N2O2S2/c1-15(2)12-17(10-11-20-15)21(18,19)14-6-4-13(5-7-14)8-9-16-3/h4-7,16H,8-12H2,1-3H3. The highest BCUT2D eigenvalue weighted by molar-refractivity contribution is 8.00. The van der Waals surface area contributed by atoms with Crippen LogP contribution in [0.2, 0.25) is 0 Å². The Balaban J connectivity index is 2.15. The highest BCUT2D eigenvalue weighted by Gasteiger charge is 2.34. The van der Waals surface area contributed by atoms with E-state index in [-0.39, 0.29) is 4.75 Å². The van der Waals surface area contributed by atoms with Crippen molar-refractivity contribution >= 4 is 21.8 Å². The lowest BCUT2D eigenvalue weighted by Crippen LogP contribution is -2.46. The van der Waals surface area contributed by atoms with Gasteiger partial charge in [0.1, 0.15) is 0 Å². The predicted octanol–water partition coefficient (Wildman–Crippen LogP) is 1.96. The third-order valence-electron chi connectivity index (χ3n) is 3.62. The van der Waals surface area contributed by atoms with Gasteiger partial charge in [0.15, 0.2) is 0 Å². The summed E-state index contributed by atoms with van der Waals surface area (Å²) in [6.07, 6.45) is 0.907. The molecule has 0 spiro atoms. The summed E-state index contributed by atoms with van der Waals surface area (Å²) in [7, 11) is -1.45. The lowest BCUT2D eigenvalue weighted by molar-refractivity contribution is 0.387. The topological polar surface area (TPSA) is 49.4 Å². The van der Waals surface area contributed by atoms with Gasteiger partial charge in [0, 0.05) is 23.6 Å². The zero-order valence-electron chi connectivity index (χ0n) is 12.9. The van der Waals surface area contributed by atoms with Crippen LogP contribution in [0.25, 0.3) is 0 Å². The average Bonchev–Trinajstić information content (AvgIpc) is 2.44. The summed E-state index contributed by atoms with van der Waals surface area (Å²) in [6, 6.07) is 7.28. The van der Waals surface area contributed by atoms with Crippen LogP contribution in [0.15, 0.2) is 29.2 Å². The van der Waals surface area contributed by atoms with Crippen LogP contribution in [0.5, 0.6) is 0 Å². The van der Waals surface area contributed by atoms with E-state index in [1.807, 2.05) is 30.9 Å². The van der Waals surface area contributed by atoms with Crippen LogP contribution in [0.4, 0.5) is 0 Å². The van der Waals surface area contributed by atoms with Gasteiger partial charge in [0.25, 0.3) is 0 Å². The Hall–Kier alpha value is -0.560. The number of rotatable bonds is 5. The molecule has 1 heterocycles. The molecular weight excluding hydrogens is 304 g/mol. The first-order chi connectivity index (χ1) is 9.85. The molecule has 0 unspecified atom stereocenters. The van der Waals surface area contributed by atoms with Crippen molar-refractivity contribution in [1.29, 1.82) is 0 Å². The summed E-state index contributed by atoms with van der Waals surface area (Å²) in [6.45, 7) is 6.25. The Bertz CT molecular complexity index is 568. The van der Waals surface area contributed by atoms with Gasteiger partial charge in [-0.05, 0) is 51.6 Å². The maximum Gasteiger partial charge on any atom is 0.243 e. The summed E-state index contributed by atoms with van der Waals surface area (Å²) in [5.74, 6) is 0.854. The zero-order valence-corrected chi connectivity index (χ0v) is 14.6. The van der Waals surface area contributed by atoms with Crippen molar-refractivity contribution in [3.8, 4) is 0 Å². The van der Waals surface area contributed by atoms with E-state index in [0.29, 0.717) is 18.0 Å². The Kier molecular flexibility index (Phi) is 5.35. The molecule has 4 nitrogen and oxygen atoms in total. The quantitative estimate of drug-likeness (QED) is 0.898. The van der Waals surface area contributed by atoms with E-state index in [1.165, 1.54) is 0 Å². The lowest BCUT2D eigenvalue weighted by atomic mass is 10.1. The van der Waals surface area contributed by atoms with E-state index in [0.717, 1.165) is 24.3 Å². The second kappa shape index (κ2) is 6.69. The number of nitrogens with zero attached hydrogens (tertiary/aromatic N) is 1. The van der Waals surface area contributed by atoms with E-state index in [1.54, 1.807) is 16.4 Å². The predicted molar refractivity (Wildman–Crippen MR) is 89.4 cm³/mol. The van der Waals surface area contributed by atoms with Crippen molar-refractivity contribution < 1.29 is 8.42 Å². The Morgan fingerprint density at radius 2 is 1.95 bits per heavy atom. The van der Waals surface area contributed by atoms with Crippen molar-refractivity contribution in [3.63, 3.8) is 0 Å². The smallest absolute Gasteiger partial charge is 0.243 e. The van der Waals surface area contributed by atoms with Gasteiger partial charge in [-0.2, -0.15) is 16.1 Å². The molecule has 1 N–H and O–H groups in total. The maximum atomic E-state index is 12.7. The number of hydrogen-bond acceptors (Lipinski definition) is 4. The van der Waals surface area contributed by atoms with Gasteiger partial charge < -0.3 is 5.32 Å². The summed E-state index contributed by atoms with van der Waals surface area (Å²) in [5, 5.41) is 3.09. The van der Waals surface area contributed by atoms with E-state index in [2.05, 4.69) is 19.2 Å². The fourth-order valence-electron chi connectivity index (χ4n) is 2.42.